The number of hydrogen-bond acceptors (Lipinski definition) is 5. The molecule has 0 amide bonds. The molecule has 0 spiro atoms. The molecule has 1 aromatic rings. The molecule has 0 bridgehead atoms. The van der Waals surface area contributed by atoms with E-state index in [-0.39, 0.29) is 25.2 Å². The maximum Gasteiger partial charge on any atom is 0.306 e. The molecule has 50 heavy (non-hydrogen) atoms. The predicted octanol–water partition coefficient (Wildman–Crippen LogP) is 13.6. The van der Waals surface area contributed by atoms with Gasteiger partial charge in [0, 0.05) is 12.8 Å². The van der Waals surface area contributed by atoms with Crippen LogP contribution < -0.4 is 0 Å². The summed E-state index contributed by atoms with van der Waals surface area (Å²) in [4.78, 5) is 25.2. The van der Waals surface area contributed by atoms with Crippen LogP contribution in [0.4, 0.5) is 0 Å². The highest BCUT2D eigenvalue weighted by atomic mass is 16.6. The van der Waals surface area contributed by atoms with Gasteiger partial charge in [-0.1, -0.05) is 212 Å². The van der Waals surface area contributed by atoms with E-state index in [1.54, 1.807) is 0 Å². The highest BCUT2D eigenvalue weighted by Gasteiger charge is 2.18. The number of esters is 2. The number of rotatable bonds is 37. The molecular formula is C45H80O5. The van der Waals surface area contributed by atoms with Crippen LogP contribution in [-0.2, 0) is 30.4 Å². The Morgan fingerprint density at radius 1 is 0.520 bits per heavy atom. The lowest BCUT2D eigenvalue weighted by Crippen LogP contribution is -2.29. The first-order valence-electron chi connectivity index (χ1n) is 21.5. The standard InChI is InChI=1S/C45H80O5/c1-4-6-8-10-12-13-14-15-16-17-18-23-30-36-44(46)49-40-43(39-48-38-42-34-28-25-29-35-42)50-45(47)37-31-24-20-19-22-27-33-41(3)32-26-21-11-9-7-5-2/h25,28-29,34-35,41,43H,4-24,26-27,30-33,36-40H2,1-3H3/t41-,43+/m1/s1. The molecule has 0 unspecified atom stereocenters. The minimum absolute atomic E-state index is 0.0507. The summed E-state index contributed by atoms with van der Waals surface area (Å²) in [6.07, 6.45) is 34.8. The molecule has 1 aromatic carbocycles. The molecule has 1 rings (SSSR count). The lowest BCUT2D eigenvalue weighted by Gasteiger charge is -2.18. The molecule has 0 radical (unpaired) electrons. The number of carbonyl (C=O) groups excluding carboxylic acids is 2. The van der Waals surface area contributed by atoms with Crippen LogP contribution in [0.25, 0.3) is 0 Å². The second-order valence-electron chi connectivity index (χ2n) is 15.1. The zero-order valence-corrected chi connectivity index (χ0v) is 33.2. The van der Waals surface area contributed by atoms with E-state index in [2.05, 4.69) is 20.8 Å². The van der Waals surface area contributed by atoms with Crippen LogP contribution in [0.15, 0.2) is 30.3 Å². The molecule has 0 saturated carbocycles. The monoisotopic (exact) mass is 701 g/mol. The van der Waals surface area contributed by atoms with E-state index in [1.165, 1.54) is 148 Å². The van der Waals surface area contributed by atoms with Gasteiger partial charge >= 0.3 is 11.9 Å². The van der Waals surface area contributed by atoms with E-state index in [0.717, 1.165) is 37.2 Å². The quantitative estimate of drug-likeness (QED) is 0.0511. The third kappa shape index (κ3) is 30.9. The fraction of sp³-hybridized carbons (Fsp3) is 0.822. The summed E-state index contributed by atoms with van der Waals surface area (Å²) in [6, 6.07) is 9.95. The predicted molar refractivity (Wildman–Crippen MR) is 211 cm³/mol. The van der Waals surface area contributed by atoms with Crippen molar-refractivity contribution in [2.75, 3.05) is 13.2 Å². The van der Waals surface area contributed by atoms with Crippen molar-refractivity contribution in [1.29, 1.82) is 0 Å². The average molecular weight is 701 g/mol. The molecule has 0 aliphatic rings. The molecule has 0 heterocycles. The lowest BCUT2D eigenvalue weighted by atomic mass is 9.96. The van der Waals surface area contributed by atoms with E-state index in [1.807, 2.05) is 30.3 Å². The number of ether oxygens (including phenoxy) is 3. The van der Waals surface area contributed by atoms with Crippen molar-refractivity contribution in [3.05, 3.63) is 35.9 Å². The van der Waals surface area contributed by atoms with Crippen LogP contribution in [-0.4, -0.2) is 31.3 Å². The second kappa shape index (κ2) is 35.5. The third-order valence-electron chi connectivity index (χ3n) is 10.0. The number of carbonyl (C=O) groups is 2. The van der Waals surface area contributed by atoms with Crippen molar-refractivity contribution < 1.29 is 23.8 Å². The van der Waals surface area contributed by atoms with Gasteiger partial charge in [0.2, 0.25) is 0 Å². The Bertz CT molecular complexity index is 871. The smallest absolute Gasteiger partial charge is 0.306 e. The van der Waals surface area contributed by atoms with Crippen molar-refractivity contribution in [2.45, 2.75) is 220 Å². The third-order valence-corrected chi connectivity index (χ3v) is 10.0. The number of unbranched alkanes of at least 4 members (excludes halogenated alkanes) is 22. The summed E-state index contributed by atoms with van der Waals surface area (Å²) >= 11 is 0. The van der Waals surface area contributed by atoms with E-state index in [4.69, 9.17) is 14.2 Å². The van der Waals surface area contributed by atoms with E-state index < -0.39 is 6.10 Å². The summed E-state index contributed by atoms with van der Waals surface area (Å²) in [5.41, 5.74) is 1.06. The molecule has 5 heteroatoms. The minimum atomic E-state index is -0.583. The van der Waals surface area contributed by atoms with Crippen LogP contribution in [0, 0.1) is 5.92 Å². The summed E-state index contributed by atoms with van der Waals surface area (Å²) < 4.78 is 17.2. The van der Waals surface area contributed by atoms with E-state index in [0.29, 0.717) is 19.4 Å². The molecule has 0 saturated heterocycles. The van der Waals surface area contributed by atoms with Crippen molar-refractivity contribution in [3.8, 4) is 0 Å². The molecule has 0 aliphatic heterocycles. The molecule has 290 valence electrons. The Morgan fingerprint density at radius 2 is 0.940 bits per heavy atom. The van der Waals surface area contributed by atoms with Gasteiger partial charge in [-0.3, -0.25) is 9.59 Å². The first-order chi connectivity index (χ1) is 24.5. The van der Waals surface area contributed by atoms with Gasteiger partial charge in [0.1, 0.15) is 6.61 Å². The second-order valence-corrected chi connectivity index (χ2v) is 15.1. The van der Waals surface area contributed by atoms with Gasteiger partial charge in [0.25, 0.3) is 0 Å². The van der Waals surface area contributed by atoms with Crippen LogP contribution in [0.2, 0.25) is 0 Å². The van der Waals surface area contributed by atoms with Crippen LogP contribution >= 0.6 is 0 Å². The van der Waals surface area contributed by atoms with Crippen LogP contribution in [0.3, 0.4) is 0 Å². The summed E-state index contributed by atoms with van der Waals surface area (Å²) in [5, 5.41) is 0. The first kappa shape index (κ1) is 46.1. The molecule has 5 nitrogen and oxygen atoms in total. The molecule has 0 fully saturated rings. The van der Waals surface area contributed by atoms with Crippen LogP contribution in [0.1, 0.15) is 213 Å². The van der Waals surface area contributed by atoms with Gasteiger partial charge in [-0.2, -0.15) is 0 Å². The van der Waals surface area contributed by atoms with Crippen molar-refractivity contribution in [3.63, 3.8) is 0 Å². The Labute approximate surface area is 309 Å². The zero-order valence-electron chi connectivity index (χ0n) is 33.2. The lowest BCUT2D eigenvalue weighted by molar-refractivity contribution is -0.163. The maximum absolute atomic E-state index is 12.7. The Hall–Kier alpha value is -1.88. The Balaban J connectivity index is 2.18. The fourth-order valence-electron chi connectivity index (χ4n) is 6.68. The Kier molecular flexibility index (Phi) is 32.8. The van der Waals surface area contributed by atoms with Gasteiger partial charge in [-0.05, 0) is 24.3 Å². The highest BCUT2D eigenvalue weighted by Crippen LogP contribution is 2.19. The van der Waals surface area contributed by atoms with Crippen LogP contribution in [0.5, 0.6) is 0 Å². The van der Waals surface area contributed by atoms with Gasteiger partial charge in [-0.15, -0.1) is 0 Å². The normalized spacial score (nSPS) is 12.5. The van der Waals surface area contributed by atoms with Gasteiger partial charge in [0.05, 0.1) is 13.2 Å². The zero-order chi connectivity index (χ0) is 36.2. The van der Waals surface area contributed by atoms with Crippen molar-refractivity contribution >= 4 is 11.9 Å². The van der Waals surface area contributed by atoms with E-state index in [9.17, 15) is 9.59 Å². The first-order valence-corrected chi connectivity index (χ1v) is 21.5. The van der Waals surface area contributed by atoms with Crippen molar-refractivity contribution in [1.82, 2.24) is 0 Å². The van der Waals surface area contributed by atoms with Gasteiger partial charge in [-0.25, -0.2) is 0 Å². The molecule has 0 aliphatic carbocycles. The fourth-order valence-corrected chi connectivity index (χ4v) is 6.68. The molecule has 0 N–H and O–H groups in total. The molecule has 0 aromatic heterocycles. The SMILES string of the molecule is CCCCCCCCCCCCCCCC(=O)OC[C@H](COCc1ccccc1)OC(=O)CCCCCCCC[C@H](C)CCCCCCCC. The number of hydrogen-bond donors (Lipinski definition) is 0. The van der Waals surface area contributed by atoms with Crippen molar-refractivity contribution in [2.24, 2.45) is 5.92 Å². The topological polar surface area (TPSA) is 61.8 Å². The summed E-state index contributed by atoms with van der Waals surface area (Å²) in [6.45, 7) is 7.66. The Morgan fingerprint density at radius 3 is 1.42 bits per heavy atom. The molecule has 2 atom stereocenters. The minimum Gasteiger partial charge on any atom is -0.462 e. The van der Waals surface area contributed by atoms with Gasteiger partial charge in [0.15, 0.2) is 6.10 Å². The molecular weight excluding hydrogens is 620 g/mol. The number of benzene rings is 1. The largest absolute Gasteiger partial charge is 0.462 e. The summed E-state index contributed by atoms with van der Waals surface area (Å²) in [5.74, 6) is 0.405. The van der Waals surface area contributed by atoms with E-state index >= 15 is 0 Å². The summed E-state index contributed by atoms with van der Waals surface area (Å²) in [7, 11) is 0. The maximum atomic E-state index is 12.7. The van der Waals surface area contributed by atoms with Gasteiger partial charge < -0.3 is 14.2 Å². The average Bonchev–Trinajstić information content (AvgIpc) is 3.12. The highest BCUT2D eigenvalue weighted by molar-refractivity contribution is 5.70.